The van der Waals surface area contributed by atoms with E-state index in [2.05, 4.69) is 15.5 Å². The molecule has 3 rings (SSSR count). The molecular formula is C18H23N3O4. The SMILES string of the molecule is CCO[C@@H]1COCC[C@H]1NC(=O)c1cc(-c2cccc(OC)c2)n[nH]1. The number of nitrogens with one attached hydrogen (secondary N) is 2. The van der Waals surface area contributed by atoms with Gasteiger partial charge in [0.2, 0.25) is 0 Å². The van der Waals surface area contributed by atoms with Crippen LogP contribution >= 0.6 is 0 Å². The third-order valence-electron chi connectivity index (χ3n) is 4.19. The quantitative estimate of drug-likeness (QED) is 0.836. The summed E-state index contributed by atoms with van der Waals surface area (Å²) in [5.74, 6) is 0.548. The lowest BCUT2D eigenvalue weighted by Crippen LogP contribution is -2.50. The van der Waals surface area contributed by atoms with Gasteiger partial charge in [0.15, 0.2) is 0 Å². The minimum absolute atomic E-state index is 0.0650. The van der Waals surface area contributed by atoms with E-state index in [9.17, 15) is 4.79 Å². The minimum atomic E-state index is -0.196. The Balaban J connectivity index is 1.69. The largest absolute Gasteiger partial charge is 0.497 e. The van der Waals surface area contributed by atoms with Crippen molar-refractivity contribution in [2.45, 2.75) is 25.5 Å². The summed E-state index contributed by atoms with van der Waals surface area (Å²) >= 11 is 0. The van der Waals surface area contributed by atoms with Crippen molar-refractivity contribution in [2.75, 3.05) is 26.9 Å². The molecular weight excluding hydrogens is 322 g/mol. The number of hydrogen-bond acceptors (Lipinski definition) is 5. The van der Waals surface area contributed by atoms with E-state index in [0.717, 1.165) is 17.7 Å². The monoisotopic (exact) mass is 345 g/mol. The second-order valence-electron chi connectivity index (χ2n) is 5.84. The van der Waals surface area contributed by atoms with Crippen molar-refractivity contribution in [1.29, 1.82) is 0 Å². The van der Waals surface area contributed by atoms with Crippen LogP contribution in [-0.4, -0.2) is 55.2 Å². The molecule has 2 N–H and O–H groups in total. The Morgan fingerprint density at radius 2 is 2.32 bits per heavy atom. The zero-order chi connectivity index (χ0) is 17.6. The van der Waals surface area contributed by atoms with Gasteiger partial charge in [0.1, 0.15) is 17.5 Å². The van der Waals surface area contributed by atoms with Crippen molar-refractivity contribution in [3.8, 4) is 17.0 Å². The van der Waals surface area contributed by atoms with Crippen molar-refractivity contribution in [2.24, 2.45) is 0 Å². The number of amides is 1. The third-order valence-corrected chi connectivity index (χ3v) is 4.19. The van der Waals surface area contributed by atoms with E-state index in [1.807, 2.05) is 31.2 Å². The topological polar surface area (TPSA) is 85.5 Å². The average Bonchev–Trinajstić information content (AvgIpc) is 3.14. The molecule has 0 unspecified atom stereocenters. The highest BCUT2D eigenvalue weighted by Crippen LogP contribution is 2.22. The smallest absolute Gasteiger partial charge is 0.269 e. The first-order valence-electron chi connectivity index (χ1n) is 8.41. The van der Waals surface area contributed by atoms with E-state index in [-0.39, 0.29) is 18.1 Å². The normalized spacial score (nSPS) is 20.2. The number of aromatic amines is 1. The number of carbonyl (C=O) groups is 1. The molecule has 0 bridgehead atoms. The number of H-pyrrole nitrogens is 1. The predicted octanol–water partition coefficient (Wildman–Crippen LogP) is 2.01. The van der Waals surface area contributed by atoms with Crippen LogP contribution in [0.4, 0.5) is 0 Å². The van der Waals surface area contributed by atoms with Gasteiger partial charge in [-0.25, -0.2) is 0 Å². The first kappa shape index (κ1) is 17.4. The van der Waals surface area contributed by atoms with Crippen LogP contribution in [0.1, 0.15) is 23.8 Å². The molecule has 0 saturated carbocycles. The number of methoxy groups -OCH3 is 1. The lowest BCUT2D eigenvalue weighted by atomic mass is 10.1. The highest BCUT2D eigenvalue weighted by Gasteiger charge is 2.28. The second kappa shape index (κ2) is 8.13. The molecule has 1 saturated heterocycles. The molecule has 1 aliphatic rings. The molecule has 0 aliphatic carbocycles. The van der Waals surface area contributed by atoms with Gasteiger partial charge in [0.25, 0.3) is 5.91 Å². The maximum Gasteiger partial charge on any atom is 0.269 e. The van der Waals surface area contributed by atoms with E-state index in [1.54, 1.807) is 13.2 Å². The Morgan fingerprint density at radius 1 is 1.44 bits per heavy atom. The van der Waals surface area contributed by atoms with Crippen LogP contribution in [0.25, 0.3) is 11.3 Å². The fourth-order valence-corrected chi connectivity index (χ4v) is 2.87. The maximum absolute atomic E-state index is 12.5. The fourth-order valence-electron chi connectivity index (χ4n) is 2.87. The molecule has 0 radical (unpaired) electrons. The van der Waals surface area contributed by atoms with Gasteiger partial charge in [-0.05, 0) is 31.5 Å². The van der Waals surface area contributed by atoms with Gasteiger partial charge in [-0.2, -0.15) is 5.10 Å². The van der Waals surface area contributed by atoms with Crippen LogP contribution < -0.4 is 10.1 Å². The summed E-state index contributed by atoms with van der Waals surface area (Å²) in [4.78, 5) is 12.5. The van der Waals surface area contributed by atoms with E-state index in [0.29, 0.717) is 31.2 Å². The van der Waals surface area contributed by atoms with Crippen molar-refractivity contribution in [3.63, 3.8) is 0 Å². The molecule has 2 aromatic rings. The van der Waals surface area contributed by atoms with Gasteiger partial charge in [-0.3, -0.25) is 9.89 Å². The van der Waals surface area contributed by atoms with Crippen LogP contribution in [0.5, 0.6) is 5.75 Å². The average molecular weight is 345 g/mol. The Labute approximate surface area is 146 Å². The first-order valence-corrected chi connectivity index (χ1v) is 8.41. The van der Waals surface area contributed by atoms with E-state index in [1.165, 1.54) is 0 Å². The lowest BCUT2D eigenvalue weighted by Gasteiger charge is -2.31. The molecule has 134 valence electrons. The zero-order valence-electron chi connectivity index (χ0n) is 14.5. The molecule has 1 fully saturated rings. The maximum atomic E-state index is 12.5. The molecule has 25 heavy (non-hydrogen) atoms. The summed E-state index contributed by atoms with van der Waals surface area (Å²) in [6, 6.07) is 9.22. The Bertz CT molecular complexity index is 714. The van der Waals surface area contributed by atoms with Gasteiger partial charge < -0.3 is 19.5 Å². The predicted molar refractivity (Wildman–Crippen MR) is 92.7 cm³/mol. The molecule has 1 aromatic carbocycles. The molecule has 7 heteroatoms. The van der Waals surface area contributed by atoms with Gasteiger partial charge in [-0.1, -0.05) is 12.1 Å². The van der Waals surface area contributed by atoms with Crippen molar-refractivity contribution in [3.05, 3.63) is 36.0 Å². The van der Waals surface area contributed by atoms with Crippen molar-refractivity contribution < 1.29 is 19.0 Å². The molecule has 7 nitrogen and oxygen atoms in total. The Kier molecular flexibility index (Phi) is 5.67. The van der Waals surface area contributed by atoms with E-state index in [4.69, 9.17) is 14.2 Å². The fraction of sp³-hybridized carbons (Fsp3) is 0.444. The molecule has 2 atom stereocenters. The van der Waals surface area contributed by atoms with Crippen LogP contribution in [0.3, 0.4) is 0 Å². The summed E-state index contributed by atoms with van der Waals surface area (Å²) in [6.07, 6.45) is 0.608. The molecule has 1 amide bonds. The standard InChI is InChI=1S/C18H23N3O4/c1-3-25-17-11-24-8-7-14(17)19-18(22)16-10-15(20-21-16)12-5-4-6-13(9-12)23-2/h4-6,9-10,14,17H,3,7-8,11H2,1-2H3,(H,19,22)(H,20,21)/t14-,17-/m1/s1. The number of hydrogen-bond donors (Lipinski definition) is 2. The lowest BCUT2D eigenvalue weighted by molar-refractivity contribution is -0.0633. The second-order valence-corrected chi connectivity index (χ2v) is 5.84. The zero-order valence-corrected chi connectivity index (χ0v) is 14.5. The highest BCUT2D eigenvalue weighted by molar-refractivity contribution is 5.93. The summed E-state index contributed by atoms with van der Waals surface area (Å²) in [5, 5.41) is 10.1. The summed E-state index contributed by atoms with van der Waals surface area (Å²) < 4.78 is 16.3. The summed E-state index contributed by atoms with van der Waals surface area (Å²) in [6.45, 7) is 3.64. The van der Waals surface area contributed by atoms with Crippen LogP contribution in [0.2, 0.25) is 0 Å². The van der Waals surface area contributed by atoms with Crippen LogP contribution in [0, 0.1) is 0 Å². The van der Waals surface area contributed by atoms with Gasteiger partial charge in [0.05, 0.1) is 25.5 Å². The molecule has 0 spiro atoms. The van der Waals surface area contributed by atoms with Gasteiger partial charge in [-0.15, -0.1) is 0 Å². The summed E-state index contributed by atoms with van der Waals surface area (Å²) in [5.41, 5.74) is 1.99. The molecule has 2 heterocycles. The Morgan fingerprint density at radius 3 is 3.12 bits per heavy atom. The number of carbonyl (C=O) groups excluding carboxylic acids is 1. The van der Waals surface area contributed by atoms with Crippen LogP contribution in [-0.2, 0) is 9.47 Å². The first-order chi connectivity index (χ1) is 12.2. The number of ether oxygens (including phenoxy) is 3. The Hall–Kier alpha value is -2.38. The van der Waals surface area contributed by atoms with Crippen LogP contribution in [0.15, 0.2) is 30.3 Å². The highest BCUT2D eigenvalue weighted by atomic mass is 16.5. The van der Waals surface area contributed by atoms with E-state index >= 15 is 0 Å². The summed E-state index contributed by atoms with van der Waals surface area (Å²) in [7, 11) is 1.62. The number of benzene rings is 1. The number of aromatic nitrogens is 2. The van der Waals surface area contributed by atoms with Crippen molar-refractivity contribution >= 4 is 5.91 Å². The van der Waals surface area contributed by atoms with E-state index < -0.39 is 0 Å². The minimum Gasteiger partial charge on any atom is -0.497 e. The number of rotatable bonds is 6. The van der Waals surface area contributed by atoms with Gasteiger partial charge in [0, 0.05) is 18.8 Å². The number of nitrogens with zero attached hydrogens (tertiary/aromatic N) is 1. The third kappa shape index (κ3) is 4.18. The molecule has 1 aliphatic heterocycles. The van der Waals surface area contributed by atoms with Crippen molar-refractivity contribution in [1.82, 2.24) is 15.5 Å². The van der Waals surface area contributed by atoms with Gasteiger partial charge >= 0.3 is 0 Å². The molecule has 1 aromatic heterocycles.